The average molecular weight is 377 g/mol. The molecule has 1 N–H and O–H groups in total. The summed E-state index contributed by atoms with van der Waals surface area (Å²) in [5.41, 5.74) is 1.57. The molecule has 0 spiro atoms. The minimum Gasteiger partial charge on any atom is -0.496 e. The van der Waals surface area contributed by atoms with Crippen LogP contribution in [0.25, 0.3) is 10.8 Å². The van der Waals surface area contributed by atoms with Gasteiger partial charge in [0.2, 0.25) is 9.84 Å². The fraction of sp³-hybridized carbons (Fsp3) is 0.158. The number of hydrogen-bond donors (Lipinski definition) is 1. The van der Waals surface area contributed by atoms with E-state index in [1.165, 1.54) is 24.3 Å². The number of nitrogens with one attached hydrogen (secondary N) is 1. The maximum atomic E-state index is 12.6. The average Bonchev–Trinajstić information content (AvgIpc) is 2.66. The number of methoxy groups -OCH3 is 1. The van der Waals surface area contributed by atoms with Crippen LogP contribution in [-0.2, 0) is 16.4 Å². The number of ether oxygens (including phenoxy) is 1. The predicted octanol–water partition coefficient (Wildman–Crippen LogP) is 4.46. The Balaban J connectivity index is 1.85. The van der Waals surface area contributed by atoms with Crippen molar-refractivity contribution in [3.05, 3.63) is 66.2 Å². The summed E-state index contributed by atoms with van der Waals surface area (Å²) >= 11 is 0. The van der Waals surface area contributed by atoms with E-state index in [0.29, 0.717) is 12.2 Å². The molecule has 7 heteroatoms. The molecule has 0 fully saturated rings. The summed E-state index contributed by atoms with van der Waals surface area (Å²) in [7, 11) is -2.99. The van der Waals surface area contributed by atoms with Crippen LogP contribution in [0, 0.1) is 0 Å². The predicted molar refractivity (Wildman–Crippen MR) is 97.5 cm³/mol. The lowest BCUT2D eigenvalue weighted by Gasteiger charge is -2.14. The molecule has 0 saturated heterocycles. The number of anilines is 1. The quantitative estimate of drug-likeness (QED) is 0.689. The van der Waals surface area contributed by atoms with Crippen molar-refractivity contribution < 1.29 is 21.9 Å². The van der Waals surface area contributed by atoms with E-state index in [2.05, 4.69) is 5.32 Å². The Morgan fingerprint density at radius 2 is 1.69 bits per heavy atom. The third kappa shape index (κ3) is 3.48. The molecule has 0 aliphatic heterocycles. The van der Waals surface area contributed by atoms with Crippen molar-refractivity contribution in [1.29, 1.82) is 0 Å². The number of halogens is 2. The summed E-state index contributed by atoms with van der Waals surface area (Å²) in [5, 5.41) is 5.28. The van der Waals surface area contributed by atoms with Gasteiger partial charge in [0.1, 0.15) is 5.75 Å². The van der Waals surface area contributed by atoms with Crippen molar-refractivity contribution in [2.45, 2.75) is 17.2 Å². The lowest BCUT2D eigenvalue weighted by atomic mass is 10.0. The molecule has 0 amide bonds. The number of sulfone groups is 1. The number of fused-ring (bicyclic) bond motifs is 1. The standard InChI is InChI=1S/C19H17F2NO3S/c1-25-18-11-6-13-4-2-3-5-16(13)17(18)12-22-14-7-9-15(10-8-14)26(23,24)19(20)21/h2-11,19,22H,12H2,1H3. The lowest BCUT2D eigenvalue weighted by molar-refractivity contribution is 0.234. The maximum Gasteiger partial charge on any atom is 0.341 e. The van der Waals surface area contributed by atoms with Crippen LogP contribution >= 0.6 is 0 Å². The molecule has 0 unspecified atom stereocenters. The number of benzene rings is 3. The van der Waals surface area contributed by atoms with Gasteiger partial charge in [-0.3, -0.25) is 0 Å². The van der Waals surface area contributed by atoms with Crippen LogP contribution in [0.2, 0.25) is 0 Å². The van der Waals surface area contributed by atoms with E-state index < -0.39 is 20.5 Å². The van der Waals surface area contributed by atoms with Gasteiger partial charge in [-0.15, -0.1) is 0 Å². The minimum absolute atomic E-state index is 0.402. The number of hydrogen-bond acceptors (Lipinski definition) is 4. The molecule has 136 valence electrons. The second-order valence-electron chi connectivity index (χ2n) is 5.65. The first-order valence-corrected chi connectivity index (χ1v) is 9.38. The molecular formula is C19H17F2NO3S. The van der Waals surface area contributed by atoms with Gasteiger partial charge in [0.25, 0.3) is 0 Å². The zero-order valence-electron chi connectivity index (χ0n) is 13.9. The molecule has 0 heterocycles. The van der Waals surface area contributed by atoms with E-state index >= 15 is 0 Å². The summed E-state index contributed by atoms with van der Waals surface area (Å²) in [6, 6.07) is 17.0. The van der Waals surface area contributed by atoms with E-state index in [4.69, 9.17) is 4.74 Å². The molecular weight excluding hydrogens is 360 g/mol. The molecule has 26 heavy (non-hydrogen) atoms. The van der Waals surface area contributed by atoms with Gasteiger partial charge < -0.3 is 10.1 Å². The fourth-order valence-electron chi connectivity index (χ4n) is 2.75. The first kappa shape index (κ1) is 18.1. The summed E-state index contributed by atoms with van der Waals surface area (Å²) in [6.45, 7) is 0.436. The Bertz CT molecular complexity index is 1020. The van der Waals surface area contributed by atoms with Crippen LogP contribution in [0.1, 0.15) is 5.56 Å². The summed E-state index contributed by atoms with van der Waals surface area (Å²) in [5.74, 6) is -2.70. The van der Waals surface area contributed by atoms with Crippen molar-refractivity contribution in [3.63, 3.8) is 0 Å². The van der Waals surface area contributed by atoms with Gasteiger partial charge >= 0.3 is 5.76 Å². The van der Waals surface area contributed by atoms with Crippen molar-refractivity contribution in [1.82, 2.24) is 0 Å². The molecule has 0 aliphatic carbocycles. The largest absolute Gasteiger partial charge is 0.496 e. The van der Waals surface area contributed by atoms with Crippen LogP contribution in [0.4, 0.5) is 14.5 Å². The van der Waals surface area contributed by atoms with Crippen molar-refractivity contribution in [2.24, 2.45) is 0 Å². The van der Waals surface area contributed by atoms with Gasteiger partial charge in [-0.2, -0.15) is 8.78 Å². The van der Waals surface area contributed by atoms with Crippen molar-refractivity contribution in [3.8, 4) is 5.75 Å². The van der Waals surface area contributed by atoms with E-state index in [9.17, 15) is 17.2 Å². The highest BCUT2D eigenvalue weighted by Gasteiger charge is 2.26. The van der Waals surface area contributed by atoms with Gasteiger partial charge in [0.15, 0.2) is 0 Å². The smallest absolute Gasteiger partial charge is 0.341 e. The molecule has 3 rings (SSSR count). The molecule has 0 aromatic heterocycles. The van der Waals surface area contributed by atoms with E-state index in [1.54, 1.807) is 7.11 Å². The van der Waals surface area contributed by atoms with Gasteiger partial charge in [0, 0.05) is 17.8 Å². The summed E-state index contributed by atoms with van der Waals surface area (Å²) in [4.78, 5) is -0.402. The maximum absolute atomic E-state index is 12.6. The highest BCUT2D eigenvalue weighted by molar-refractivity contribution is 7.91. The Kier molecular flexibility index (Phi) is 5.08. The lowest BCUT2D eigenvalue weighted by Crippen LogP contribution is -2.11. The van der Waals surface area contributed by atoms with Crippen LogP contribution in [0.5, 0.6) is 5.75 Å². The second kappa shape index (κ2) is 7.29. The zero-order chi connectivity index (χ0) is 18.7. The van der Waals surface area contributed by atoms with Crippen LogP contribution in [-0.4, -0.2) is 21.3 Å². The highest BCUT2D eigenvalue weighted by Crippen LogP contribution is 2.29. The highest BCUT2D eigenvalue weighted by atomic mass is 32.2. The summed E-state index contributed by atoms with van der Waals surface area (Å²) in [6.07, 6.45) is 0. The topological polar surface area (TPSA) is 55.4 Å². The third-order valence-electron chi connectivity index (χ3n) is 4.10. The van der Waals surface area contributed by atoms with Gasteiger partial charge in [0.05, 0.1) is 12.0 Å². The molecule has 0 atom stereocenters. The first-order chi connectivity index (χ1) is 12.4. The molecule has 0 saturated carbocycles. The normalized spacial score (nSPS) is 11.7. The van der Waals surface area contributed by atoms with Crippen LogP contribution < -0.4 is 10.1 Å². The Labute approximate surface area is 150 Å². The van der Waals surface area contributed by atoms with E-state index in [1.807, 2.05) is 36.4 Å². The van der Waals surface area contributed by atoms with Gasteiger partial charge in [-0.25, -0.2) is 8.42 Å². The molecule has 4 nitrogen and oxygen atoms in total. The second-order valence-corrected chi connectivity index (χ2v) is 7.57. The Morgan fingerprint density at radius 3 is 2.35 bits per heavy atom. The number of rotatable bonds is 6. The molecule has 0 aliphatic rings. The van der Waals surface area contributed by atoms with E-state index in [0.717, 1.165) is 22.1 Å². The molecule has 3 aromatic rings. The Hall–Kier alpha value is -2.67. The Morgan fingerprint density at radius 1 is 1.00 bits per heavy atom. The third-order valence-corrected chi connectivity index (χ3v) is 5.50. The fourth-order valence-corrected chi connectivity index (χ4v) is 3.47. The number of alkyl halides is 2. The first-order valence-electron chi connectivity index (χ1n) is 7.84. The van der Waals surface area contributed by atoms with Crippen molar-refractivity contribution in [2.75, 3.05) is 12.4 Å². The molecule has 3 aromatic carbocycles. The monoisotopic (exact) mass is 377 g/mol. The van der Waals surface area contributed by atoms with E-state index in [-0.39, 0.29) is 0 Å². The van der Waals surface area contributed by atoms with Gasteiger partial charge in [-0.05, 0) is 41.1 Å². The minimum atomic E-state index is -4.58. The van der Waals surface area contributed by atoms with Crippen molar-refractivity contribution >= 4 is 26.3 Å². The summed E-state index contributed by atoms with van der Waals surface area (Å²) < 4.78 is 53.5. The molecule has 0 radical (unpaired) electrons. The van der Waals surface area contributed by atoms with Crippen LogP contribution in [0.15, 0.2) is 65.6 Å². The SMILES string of the molecule is COc1ccc2ccccc2c1CNc1ccc(S(=O)(=O)C(F)F)cc1. The zero-order valence-corrected chi connectivity index (χ0v) is 14.8. The molecule has 0 bridgehead atoms. The van der Waals surface area contributed by atoms with Crippen LogP contribution in [0.3, 0.4) is 0 Å². The van der Waals surface area contributed by atoms with Gasteiger partial charge in [-0.1, -0.05) is 30.3 Å².